The number of aromatic nitrogens is 4. The second kappa shape index (κ2) is 7.87. The molecule has 3 rings (SSSR count). The number of esters is 1. The highest BCUT2D eigenvalue weighted by atomic mass is 32.1. The Morgan fingerprint density at radius 3 is 2.65 bits per heavy atom. The maximum absolute atomic E-state index is 12.0. The maximum atomic E-state index is 12.0. The first-order valence-electron chi connectivity index (χ1n) is 7.86. The third kappa shape index (κ3) is 4.31. The number of anilines is 1. The summed E-state index contributed by atoms with van der Waals surface area (Å²) < 4.78 is 4.98. The summed E-state index contributed by atoms with van der Waals surface area (Å²) in [4.78, 5) is 25.9. The van der Waals surface area contributed by atoms with E-state index in [0.717, 1.165) is 26.5 Å². The van der Waals surface area contributed by atoms with Crippen LogP contribution < -0.4 is 5.32 Å². The van der Waals surface area contributed by atoms with Crippen molar-refractivity contribution < 1.29 is 14.3 Å². The molecule has 134 valence electrons. The van der Waals surface area contributed by atoms with Crippen LogP contribution in [-0.2, 0) is 20.9 Å². The number of para-hydroxylation sites is 1. The molecule has 0 saturated carbocycles. The molecule has 0 atom stereocenters. The molecule has 26 heavy (non-hydrogen) atoms. The predicted molar refractivity (Wildman–Crippen MR) is 96.6 cm³/mol. The topological polar surface area (TPSA) is 99.0 Å². The molecule has 0 spiro atoms. The van der Waals surface area contributed by atoms with Crippen molar-refractivity contribution in [2.45, 2.75) is 20.4 Å². The van der Waals surface area contributed by atoms with Gasteiger partial charge in [0.2, 0.25) is 5.82 Å². The summed E-state index contributed by atoms with van der Waals surface area (Å²) in [7, 11) is 0. The van der Waals surface area contributed by atoms with Crippen molar-refractivity contribution in [3.05, 3.63) is 46.8 Å². The fourth-order valence-corrected chi connectivity index (χ4v) is 2.96. The largest absolute Gasteiger partial charge is 0.454 e. The zero-order valence-electron chi connectivity index (χ0n) is 14.3. The Labute approximate surface area is 153 Å². The van der Waals surface area contributed by atoms with Gasteiger partial charge < -0.3 is 10.1 Å². The van der Waals surface area contributed by atoms with Gasteiger partial charge in [0.05, 0.1) is 4.88 Å². The highest BCUT2D eigenvalue weighted by Gasteiger charge is 2.13. The van der Waals surface area contributed by atoms with Gasteiger partial charge in [-0.1, -0.05) is 24.3 Å². The summed E-state index contributed by atoms with van der Waals surface area (Å²) >= 11 is 1.48. The van der Waals surface area contributed by atoms with Gasteiger partial charge in [-0.05, 0) is 41.6 Å². The van der Waals surface area contributed by atoms with E-state index in [4.69, 9.17) is 4.74 Å². The molecule has 0 saturated heterocycles. The third-order valence-electron chi connectivity index (χ3n) is 3.57. The van der Waals surface area contributed by atoms with Gasteiger partial charge >= 0.3 is 5.97 Å². The molecule has 0 aliphatic heterocycles. The first kappa shape index (κ1) is 17.7. The van der Waals surface area contributed by atoms with Crippen molar-refractivity contribution >= 4 is 28.9 Å². The number of carbonyl (C=O) groups is 2. The highest BCUT2D eigenvalue weighted by molar-refractivity contribution is 7.13. The molecule has 0 fully saturated rings. The number of hydrogen-bond donors (Lipinski definition) is 1. The number of tetrazole rings is 1. The number of nitrogens with zero attached hydrogens (tertiary/aromatic N) is 4. The Bertz CT molecular complexity index is 900. The minimum Gasteiger partial charge on any atom is -0.454 e. The van der Waals surface area contributed by atoms with Crippen LogP contribution in [0.1, 0.15) is 11.1 Å². The molecule has 9 heteroatoms. The molecule has 1 N–H and O–H groups in total. The second-order valence-corrected chi connectivity index (χ2v) is 6.54. The molecule has 0 radical (unpaired) electrons. The number of hydrogen-bond acceptors (Lipinski definition) is 7. The van der Waals surface area contributed by atoms with Crippen molar-refractivity contribution in [1.29, 1.82) is 0 Å². The number of nitrogens with one attached hydrogen (secondary N) is 1. The number of rotatable bonds is 6. The Hall–Kier alpha value is -3.07. The minimum atomic E-state index is -0.614. The monoisotopic (exact) mass is 371 g/mol. The molecule has 2 aromatic heterocycles. The second-order valence-electron chi connectivity index (χ2n) is 5.60. The van der Waals surface area contributed by atoms with Crippen LogP contribution in [0, 0.1) is 13.8 Å². The molecule has 8 nitrogen and oxygen atoms in total. The van der Waals surface area contributed by atoms with Crippen molar-refractivity contribution in [3.8, 4) is 10.7 Å². The average Bonchev–Trinajstić information content (AvgIpc) is 3.28. The van der Waals surface area contributed by atoms with Crippen LogP contribution in [0.2, 0.25) is 0 Å². The van der Waals surface area contributed by atoms with Gasteiger partial charge in [0.15, 0.2) is 13.2 Å². The predicted octanol–water partition coefficient (Wildman–Crippen LogP) is 2.20. The van der Waals surface area contributed by atoms with Crippen molar-refractivity contribution in [1.82, 2.24) is 20.2 Å². The van der Waals surface area contributed by atoms with Crippen LogP contribution in [0.4, 0.5) is 5.69 Å². The number of benzene rings is 1. The summed E-state index contributed by atoms with van der Waals surface area (Å²) in [5.41, 5.74) is 2.61. The first-order valence-corrected chi connectivity index (χ1v) is 8.74. The lowest BCUT2D eigenvalue weighted by atomic mass is 10.1. The van der Waals surface area contributed by atoms with E-state index in [-0.39, 0.29) is 13.2 Å². The molecule has 0 unspecified atom stereocenters. The molecule has 1 amide bonds. The number of carbonyl (C=O) groups excluding carboxylic acids is 2. The van der Waals surface area contributed by atoms with Gasteiger partial charge in [0.1, 0.15) is 0 Å². The van der Waals surface area contributed by atoms with Gasteiger partial charge in [0.25, 0.3) is 5.91 Å². The van der Waals surface area contributed by atoms with E-state index < -0.39 is 11.9 Å². The number of aryl methyl sites for hydroxylation is 2. The SMILES string of the molecule is Cc1cccc(C)c1NC(=O)COC(=O)Cn1nnc(-c2cccs2)n1. The fraction of sp³-hybridized carbons (Fsp3) is 0.235. The van der Waals surface area contributed by atoms with Crippen LogP contribution in [-0.4, -0.2) is 38.7 Å². The lowest BCUT2D eigenvalue weighted by Gasteiger charge is -2.11. The van der Waals surface area contributed by atoms with E-state index in [1.165, 1.54) is 11.3 Å². The van der Waals surface area contributed by atoms with E-state index >= 15 is 0 Å². The summed E-state index contributed by atoms with van der Waals surface area (Å²) in [6, 6.07) is 9.45. The zero-order valence-corrected chi connectivity index (χ0v) is 15.1. The summed E-state index contributed by atoms with van der Waals surface area (Å²) in [5, 5.41) is 16.5. The standard InChI is InChI=1S/C17H17N5O3S/c1-11-5-3-6-12(2)16(11)18-14(23)10-25-15(24)9-22-20-17(19-21-22)13-7-4-8-26-13/h3-8H,9-10H2,1-2H3,(H,18,23). The maximum Gasteiger partial charge on any atom is 0.330 e. The molecular weight excluding hydrogens is 354 g/mol. The molecular formula is C17H17N5O3S. The van der Waals surface area contributed by atoms with Gasteiger partial charge in [-0.2, -0.15) is 4.80 Å². The Morgan fingerprint density at radius 1 is 1.19 bits per heavy atom. The molecule has 1 aromatic carbocycles. The van der Waals surface area contributed by atoms with E-state index in [1.54, 1.807) is 0 Å². The zero-order chi connectivity index (χ0) is 18.5. The molecule has 3 aromatic rings. The van der Waals surface area contributed by atoms with E-state index in [9.17, 15) is 9.59 Å². The van der Waals surface area contributed by atoms with Crippen LogP contribution >= 0.6 is 11.3 Å². The van der Waals surface area contributed by atoms with E-state index in [0.29, 0.717) is 5.82 Å². The smallest absolute Gasteiger partial charge is 0.330 e. The van der Waals surface area contributed by atoms with E-state index in [2.05, 4.69) is 20.7 Å². The molecule has 2 heterocycles. The molecule has 0 aliphatic rings. The van der Waals surface area contributed by atoms with E-state index in [1.807, 2.05) is 49.6 Å². The third-order valence-corrected chi connectivity index (χ3v) is 4.44. The minimum absolute atomic E-state index is 0.213. The summed E-state index contributed by atoms with van der Waals surface area (Å²) in [6.45, 7) is 3.21. The quantitative estimate of drug-likeness (QED) is 0.667. The van der Waals surface area contributed by atoms with Gasteiger partial charge in [-0.3, -0.25) is 4.79 Å². The number of thiophene rings is 1. The van der Waals surface area contributed by atoms with Gasteiger partial charge in [-0.15, -0.1) is 21.5 Å². The Morgan fingerprint density at radius 2 is 1.96 bits per heavy atom. The van der Waals surface area contributed by atoms with Gasteiger partial charge in [0, 0.05) is 5.69 Å². The lowest BCUT2D eigenvalue weighted by molar-refractivity contribution is -0.148. The summed E-state index contributed by atoms with van der Waals surface area (Å²) in [6.07, 6.45) is 0. The van der Waals surface area contributed by atoms with Crippen LogP contribution in [0.25, 0.3) is 10.7 Å². The van der Waals surface area contributed by atoms with Crippen molar-refractivity contribution in [2.24, 2.45) is 0 Å². The Kier molecular flexibility index (Phi) is 5.37. The average molecular weight is 371 g/mol. The van der Waals surface area contributed by atoms with Crippen LogP contribution in [0.15, 0.2) is 35.7 Å². The van der Waals surface area contributed by atoms with Gasteiger partial charge in [-0.25, -0.2) is 4.79 Å². The lowest BCUT2D eigenvalue weighted by Crippen LogP contribution is -2.24. The normalized spacial score (nSPS) is 10.5. The van der Waals surface area contributed by atoms with Crippen LogP contribution in [0.3, 0.4) is 0 Å². The number of amides is 1. The molecule has 0 aliphatic carbocycles. The first-order chi connectivity index (χ1) is 12.5. The summed E-state index contributed by atoms with van der Waals surface area (Å²) in [5.74, 6) is -0.570. The van der Waals surface area contributed by atoms with Crippen LogP contribution in [0.5, 0.6) is 0 Å². The van der Waals surface area contributed by atoms with Crippen molar-refractivity contribution in [3.63, 3.8) is 0 Å². The number of ether oxygens (including phenoxy) is 1. The Balaban J connectivity index is 1.50. The van der Waals surface area contributed by atoms with Crippen molar-refractivity contribution in [2.75, 3.05) is 11.9 Å². The molecule has 0 bridgehead atoms. The highest BCUT2D eigenvalue weighted by Crippen LogP contribution is 2.20. The fourth-order valence-electron chi connectivity index (χ4n) is 2.31.